The third kappa shape index (κ3) is 3.44. The van der Waals surface area contributed by atoms with Gasteiger partial charge in [-0.25, -0.2) is 0 Å². The maximum absolute atomic E-state index is 10.9. The zero-order valence-corrected chi connectivity index (χ0v) is 10.7. The molecule has 1 heterocycles. The van der Waals surface area contributed by atoms with Crippen LogP contribution in [0.4, 0.5) is 0 Å². The number of aliphatic carboxylic acids is 2. The third-order valence-corrected chi connectivity index (χ3v) is 2.87. The number of carboxylic acids is 2. The Morgan fingerprint density at radius 3 is 2.30 bits per heavy atom. The summed E-state index contributed by atoms with van der Waals surface area (Å²) < 4.78 is 1.54. The molecule has 0 bridgehead atoms. The van der Waals surface area contributed by atoms with Crippen molar-refractivity contribution < 1.29 is 19.8 Å². The summed E-state index contributed by atoms with van der Waals surface area (Å²) in [7, 11) is 0. The number of hydrogen-bond acceptors (Lipinski definition) is 3. The summed E-state index contributed by atoms with van der Waals surface area (Å²) in [5.41, 5.74) is 1.85. The smallest absolute Gasteiger partial charge is 0.309 e. The molecule has 2 aromatic rings. The van der Waals surface area contributed by atoms with Gasteiger partial charge in [0.05, 0.1) is 31.3 Å². The van der Waals surface area contributed by atoms with Crippen LogP contribution in [-0.4, -0.2) is 31.9 Å². The van der Waals surface area contributed by atoms with E-state index < -0.39 is 11.9 Å². The van der Waals surface area contributed by atoms with E-state index in [2.05, 4.69) is 5.10 Å². The largest absolute Gasteiger partial charge is 0.481 e. The molecule has 1 aromatic carbocycles. The third-order valence-electron chi connectivity index (χ3n) is 2.87. The molecule has 0 radical (unpaired) electrons. The van der Waals surface area contributed by atoms with Crippen molar-refractivity contribution in [1.29, 1.82) is 0 Å². The van der Waals surface area contributed by atoms with E-state index in [1.54, 1.807) is 4.68 Å². The van der Waals surface area contributed by atoms with Crippen molar-refractivity contribution >= 4 is 11.9 Å². The van der Waals surface area contributed by atoms with Gasteiger partial charge in [-0.05, 0) is 5.56 Å². The fourth-order valence-electron chi connectivity index (χ4n) is 2.00. The highest BCUT2D eigenvalue weighted by Gasteiger charge is 2.16. The van der Waals surface area contributed by atoms with Crippen molar-refractivity contribution in [2.45, 2.75) is 19.4 Å². The lowest BCUT2D eigenvalue weighted by Crippen LogP contribution is -2.13. The summed E-state index contributed by atoms with van der Waals surface area (Å²) in [5.74, 6) is -2.01. The van der Waals surface area contributed by atoms with Crippen LogP contribution in [0.3, 0.4) is 0 Å². The van der Waals surface area contributed by atoms with Gasteiger partial charge in [0.1, 0.15) is 0 Å². The lowest BCUT2D eigenvalue weighted by Gasteiger charge is -2.07. The Morgan fingerprint density at radius 2 is 1.70 bits per heavy atom. The van der Waals surface area contributed by atoms with Crippen LogP contribution in [0.15, 0.2) is 36.5 Å². The highest BCUT2D eigenvalue weighted by molar-refractivity contribution is 5.73. The van der Waals surface area contributed by atoms with Crippen LogP contribution in [-0.2, 0) is 29.0 Å². The molecule has 0 saturated heterocycles. The van der Waals surface area contributed by atoms with Gasteiger partial charge in [-0.2, -0.15) is 5.10 Å². The van der Waals surface area contributed by atoms with E-state index in [9.17, 15) is 9.59 Å². The SMILES string of the molecule is O=C(O)Cc1cnn(Cc2ccccc2)c1CC(=O)O. The first-order valence-electron chi connectivity index (χ1n) is 6.07. The molecular weight excluding hydrogens is 260 g/mol. The number of nitrogens with zero attached hydrogens (tertiary/aromatic N) is 2. The highest BCUT2D eigenvalue weighted by atomic mass is 16.4. The predicted octanol–water partition coefficient (Wildman–Crippen LogP) is 1.19. The van der Waals surface area contributed by atoms with Crippen molar-refractivity contribution in [3.05, 3.63) is 53.3 Å². The van der Waals surface area contributed by atoms with Gasteiger partial charge in [0, 0.05) is 5.56 Å². The number of aromatic nitrogens is 2. The maximum atomic E-state index is 10.9. The maximum Gasteiger partial charge on any atom is 0.309 e. The van der Waals surface area contributed by atoms with Crippen LogP contribution in [0.1, 0.15) is 16.8 Å². The Morgan fingerprint density at radius 1 is 1.05 bits per heavy atom. The average molecular weight is 274 g/mol. The Hall–Kier alpha value is -2.63. The van der Waals surface area contributed by atoms with Crippen molar-refractivity contribution in [2.24, 2.45) is 0 Å². The summed E-state index contributed by atoms with van der Waals surface area (Å²) in [5, 5.41) is 21.9. The average Bonchev–Trinajstić information content (AvgIpc) is 2.72. The van der Waals surface area contributed by atoms with Crippen LogP contribution >= 0.6 is 0 Å². The zero-order chi connectivity index (χ0) is 14.5. The molecule has 2 N–H and O–H groups in total. The van der Waals surface area contributed by atoms with Gasteiger partial charge in [0.15, 0.2) is 0 Å². The van der Waals surface area contributed by atoms with Gasteiger partial charge in [-0.15, -0.1) is 0 Å². The minimum atomic E-state index is -1.01. The number of carbonyl (C=O) groups is 2. The van der Waals surface area contributed by atoms with E-state index in [1.807, 2.05) is 30.3 Å². The Labute approximate surface area is 115 Å². The number of benzene rings is 1. The second-order valence-corrected chi connectivity index (χ2v) is 4.40. The fourth-order valence-corrected chi connectivity index (χ4v) is 2.00. The first-order valence-corrected chi connectivity index (χ1v) is 6.07. The molecule has 0 saturated carbocycles. The molecule has 2 rings (SSSR count). The van der Waals surface area contributed by atoms with E-state index in [4.69, 9.17) is 10.2 Å². The Balaban J connectivity index is 2.29. The standard InChI is InChI=1S/C14H14N2O4/c17-13(18)6-11-8-15-16(12(11)7-14(19)20)9-10-4-2-1-3-5-10/h1-5,8H,6-7,9H2,(H,17,18)(H,19,20). The quantitative estimate of drug-likeness (QED) is 0.825. The lowest BCUT2D eigenvalue weighted by atomic mass is 10.1. The van der Waals surface area contributed by atoms with Gasteiger partial charge in [-0.3, -0.25) is 14.3 Å². The monoisotopic (exact) mass is 274 g/mol. The van der Waals surface area contributed by atoms with Crippen LogP contribution < -0.4 is 0 Å². The van der Waals surface area contributed by atoms with E-state index in [-0.39, 0.29) is 12.8 Å². The Bertz CT molecular complexity index is 619. The molecule has 0 fully saturated rings. The van der Waals surface area contributed by atoms with Crippen LogP contribution in [0, 0.1) is 0 Å². The molecule has 20 heavy (non-hydrogen) atoms. The summed E-state index contributed by atoms with van der Waals surface area (Å²) in [6.45, 7) is 0.420. The molecule has 0 unspecified atom stereocenters. The molecule has 6 nitrogen and oxygen atoms in total. The van der Waals surface area contributed by atoms with E-state index in [1.165, 1.54) is 6.20 Å². The topological polar surface area (TPSA) is 92.4 Å². The molecule has 0 aliphatic carbocycles. The van der Waals surface area contributed by atoms with Gasteiger partial charge in [0.25, 0.3) is 0 Å². The lowest BCUT2D eigenvalue weighted by molar-refractivity contribution is -0.137. The van der Waals surface area contributed by atoms with Crippen LogP contribution in [0.5, 0.6) is 0 Å². The first-order chi connectivity index (χ1) is 9.56. The van der Waals surface area contributed by atoms with Gasteiger partial charge in [0.2, 0.25) is 0 Å². The van der Waals surface area contributed by atoms with E-state index in [0.29, 0.717) is 17.8 Å². The molecule has 0 atom stereocenters. The molecular formula is C14H14N2O4. The Kier molecular flexibility index (Phi) is 4.14. The molecule has 0 aliphatic heterocycles. The minimum Gasteiger partial charge on any atom is -0.481 e. The number of rotatable bonds is 6. The summed E-state index contributed by atoms with van der Waals surface area (Å²) in [6.07, 6.45) is 0.960. The highest BCUT2D eigenvalue weighted by Crippen LogP contribution is 2.13. The first kappa shape index (κ1) is 13.8. The normalized spacial score (nSPS) is 10.4. The molecule has 0 aliphatic rings. The second kappa shape index (κ2) is 6.01. The summed E-state index contributed by atoms with van der Waals surface area (Å²) in [6, 6.07) is 9.47. The number of carboxylic acid groups (broad SMARTS) is 2. The number of hydrogen-bond donors (Lipinski definition) is 2. The van der Waals surface area contributed by atoms with Gasteiger partial charge < -0.3 is 10.2 Å². The molecule has 1 aromatic heterocycles. The van der Waals surface area contributed by atoms with E-state index >= 15 is 0 Å². The van der Waals surface area contributed by atoms with Gasteiger partial charge in [-0.1, -0.05) is 30.3 Å². The van der Waals surface area contributed by atoms with Crippen molar-refractivity contribution in [2.75, 3.05) is 0 Å². The summed E-state index contributed by atoms with van der Waals surface area (Å²) in [4.78, 5) is 21.7. The van der Waals surface area contributed by atoms with E-state index in [0.717, 1.165) is 5.56 Å². The van der Waals surface area contributed by atoms with Gasteiger partial charge >= 0.3 is 11.9 Å². The predicted molar refractivity (Wildman–Crippen MR) is 70.5 cm³/mol. The van der Waals surface area contributed by atoms with Crippen LogP contribution in [0.25, 0.3) is 0 Å². The molecule has 0 spiro atoms. The summed E-state index contributed by atoms with van der Waals surface area (Å²) >= 11 is 0. The van der Waals surface area contributed by atoms with Crippen molar-refractivity contribution in [1.82, 2.24) is 9.78 Å². The molecule has 104 valence electrons. The van der Waals surface area contributed by atoms with Crippen LogP contribution in [0.2, 0.25) is 0 Å². The minimum absolute atomic E-state index is 0.225. The second-order valence-electron chi connectivity index (χ2n) is 4.40. The van der Waals surface area contributed by atoms with Crippen molar-refractivity contribution in [3.8, 4) is 0 Å². The zero-order valence-electron chi connectivity index (χ0n) is 10.7. The molecule has 6 heteroatoms. The molecule has 0 amide bonds. The fraction of sp³-hybridized carbons (Fsp3) is 0.214. The van der Waals surface area contributed by atoms with Crippen molar-refractivity contribution in [3.63, 3.8) is 0 Å².